The monoisotopic (exact) mass is 326 g/mol. The van der Waals surface area contributed by atoms with Gasteiger partial charge in [0.1, 0.15) is 11.5 Å². The van der Waals surface area contributed by atoms with E-state index in [-0.39, 0.29) is 0 Å². The molecule has 0 aliphatic rings. The van der Waals surface area contributed by atoms with Gasteiger partial charge in [-0.25, -0.2) is 0 Å². The van der Waals surface area contributed by atoms with Crippen LogP contribution in [-0.2, 0) is 0 Å². The minimum Gasteiger partial charge on any atom is -0.493 e. The second-order valence-electron chi connectivity index (χ2n) is 4.82. The Morgan fingerprint density at radius 2 is 1.71 bits per heavy atom. The smallest absolute Gasteiger partial charge is 0.145 e. The van der Waals surface area contributed by atoms with E-state index in [1.807, 2.05) is 30.3 Å². The van der Waals surface area contributed by atoms with Crippen LogP contribution in [0.5, 0.6) is 11.5 Å². The molecular formula is C17H20Cl2O2. The molecule has 2 aromatic carbocycles. The van der Waals surface area contributed by atoms with Gasteiger partial charge in [-0.05, 0) is 12.8 Å². The first-order valence-corrected chi connectivity index (χ1v) is 8.22. The van der Waals surface area contributed by atoms with Crippen molar-refractivity contribution in [2.75, 3.05) is 19.1 Å². The van der Waals surface area contributed by atoms with E-state index in [0.717, 1.165) is 41.5 Å². The quantitative estimate of drug-likeness (QED) is 0.459. The Hall–Kier alpha value is -1.12. The Bertz CT molecular complexity index is 584. The van der Waals surface area contributed by atoms with E-state index in [1.54, 1.807) is 0 Å². The van der Waals surface area contributed by atoms with Gasteiger partial charge in [0.25, 0.3) is 0 Å². The molecule has 4 heteroatoms. The fraction of sp³-hybridized carbons (Fsp3) is 0.412. The van der Waals surface area contributed by atoms with Gasteiger partial charge in [0.15, 0.2) is 0 Å². The third-order valence-corrected chi connectivity index (χ3v) is 3.74. The zero-order valence-electron chi connectivity index (χ0n) is 12.2. The molecule has 0 saturated carbocycles. The van der Waals surface area contributed by atoms with Gasteiger partial charge < -0.3 is 9.47 Å². The van der Waals surface area contributed by atoms with Crippen LogP contribution in [0.25, 0.3) is 10.8 Å². The fourth-order valence-corrected chi connectivity index (χ4v) is 2.47. The summed E-state index contributed by atoms with van der Waals surface area (Å²) in [6.07, 6.45) is 2.91. The summed E-state index contributed by atoms with van der Waals surface area (Å²) < 4.78 is 11.7. The van der Waals surface area contributed by atoms with Gasteiger partial charge >= 0.3 is 0 Å². The number of hydrogen-bond acceptors (Lipinski definition) is 2. The van der Waals surface area contributed by atoms with Gasteiger partial charge in [-0.1, -0.05) is 49.2 Å². The molecule has 0 bridgehead atoms. The number of hydrogen-bond donors (Lipinski definition) is 0. The second kappa shape index (κ2) is 8.35. The SMILES string of the molecule is CCCCOc1c(Cl)cc(OCCCCl)c2ccccc12. The maximum atomic E-state index is 6.37. The van der Waals surface area contributed by atoms with Crippen LogP contribution in [0.3, 0.4) is 0 Å². The number of halogens is 2. The van der Waals surface area contributed by atoms with E-state index in [1.165, 1.54) is 0 Å². The Labute approximate surface area is 136 Å². The second-order valence-corrected chi connectivity index (χ2v) is 5.61. The Morgan fingerprint density at radius 3 is 2.43 bits per heavy atom. The fourth-order valence-electron chi connectivity index (χ4n) is 2.10. The molecule has 2 aromatic rings. The van der Waals surface area contributed by atoms with E-state index in [4.69, 9.17) is 32.7 Å². The van der Waals surface area contributed by atoms with E-state index in [0.29, 0.717) is 24.1 Å². The molecule has 0 spiro atoms. The molecule has 0 fully saturated rings. The lowest BCUT2D eigenvalue weighted by molar-refractivity contribution is 0.309. The molecular weight excluding hydrogens is 307 g/mol. The highest BCUT2D eigenvalue weighted by molar-refractivity contribution is 6.33. The van der Waals surface area contributed by atoms with Crippen molar-refractivity contribution in [2.45, 2.75) is 26.2 Å². The molecule has 0 atom stereocenters. The highest BCUT2D eigenvalue weighted by Crippen LogP contribution is 2.39. The summed E-state index contributed by atoms with van der Waals surface area (Å²) in [5.41, 5.74) is 0. The average Bonchev–Trinajstić information content (AvgIpc) is 2.50. The predicted octanol–water partition coefficient (Wildman–Crippen LogP) is 5.68. The maximum absolute atomic E-state index is 6.37. The van der Waals surface area contributed by atoms with Gasteiger partial charge in [0, 0.05) is 22.7 Å². The zero-order valence-corrected chi connectivity index (χ0v) is 13.7. The molecule has 21 heavy (non-hydrogen) atoms. The van der Waals surface area contributed by atoms with E-state index >= 15 is 0 Å². The molecule has 2 nitrogen and oxygen atoms in total. The topological polar surface area (TPSA) is 18.5 Å². The van der Waals surface area contributed by atoms with Crippen LogP contribution in [0, 0.1) is 0 Å². The predicted molar refractivity (Wildman–Crippen MR) is 90.2 cm³/mol. The number of unbranched alkanes of at least 4 members (excludes halogenated alkanes) is 1. The first-order chi connectivity index (χ1) is 10.3. The van der Waals surface area contributed by atoms with Gasteiger partial charge in [-0.3, -0.25) is 0 Å². The highest BCUT2D eigenvalue weighted by Gasteiger charge is 2.12. The van der Waals surface area contributed by atoms with Crippen molar-refractivity contribution in [1.29, 1.82) is 0 Å². The molecule has 0 unspecified atom stereocenters. The Morgan fingerprint density at radius 1 is 1.00 bits per heavy atom. The molecule has 0 saturated heterocycles. The van der Waals surface area contributed by atoms with Crippen molar-refractivity contribution in [1.82, 2.24) is 0 Å². The van der Waals surface area contributed by atoms with E-state index < -0.39 is 0 Å². The van der Waals surface area contributed by atoms with Crippen molar-refractivity contribution in [2.24, 2.45) is 0 Å². The zero-order chi connectivity index (χ0) is 15.1. The lowest BCUT2D eigenvalue weighted by atomic mass is 10.1. The van der Waals surface area contributed by atoms with Crippen molar-refractivity contribution >= 4 is 34.0 Å². The van der Waals surface area contributed by atoms with E-state index in [2.05, 4.69) is 6.92 Å². The van der Waals surface area contributed by atoms with Crippen LogP contribution in [0.1, 0.15) is 26.2 Å². The Kier molecular flexibility index (Phi) is 6.47. The minimum atomic E-state index is 0.583. The summed E-state index contributed by atoms with van der Waals surface area (Å²) in [5.74, 6) is 2.11. The number of rotatable bonds is 8. The van der Waals surface area contributed by atoms with Gasteiger partial charge in [0.05, 0.1) is 18.2 Å². The number of benzene rings is 2. The summed E-state index contributed by atoms with van der Waals surface area (Å²) in [4.78, 5) is 0. The van der Waals surface area contributed by atoms with Crippen molar-refractivity contribution in [3.05, 3.63) is 35.4 Å². The minimum absolute atomic E-state index is 0.583. The third-order valence-electron chi connectivity index (χ3n) is 3.19. The van der Waals surface area contributed by atoms with Crippen LogP contribution in [0.15, 0.2) is 30.3 Å². The highest BCUT2D eigenvalue weighted by atomic mass is 35.5. The molecule has 0 aromatic heterocycles. The largest absolute Gasteiger partial charge is 0.493 e. The molecule has 0 radical (unpaired) electrons. The molecule has 0 aliphatic heterocycles. The summed E-state index contributed by atoms with van der Waals surface area (Å²) in [7, 11) is 0. The molecule has 114 valence electrons. The molecule has 0 aliphatic carbocycles. The van der Waals surface area contributed by atoms with Gasteiger partial charge in [-0.2, -0.15) is 0 Å². The van der Waals surface area contributed by atoms with Crippen molar-refractivity contribution in [3.8, 4) is 11.5 Å². The number of alkyl halides is 1. The number of ether oxygens (including phenoxy) is 2. The molecule has 2 rings (SSSR count). The average molecular weight is 327 g/mol. The third kappa shape index (κ3) is 4.18. The van der Waals surface area contributed by atoms with Crippen molar-refractivity contribution < 1.29 is 9.47 Å². The first-order valence-electron chi connectivity index (χ1n) is 7.30. The van der Waals surface area contributed by atoms with Crippen molar-refractivity contribution in [3.63, 3.8) is 0 Å². The molecule has 0 N–H and O–H groups in total. The summed E-state index contributed by atoms with van der Waals surface area (Å²) in [5, 5.41) is 2.59. The normalized spacial score (nSPS) is 10.8. The number of fused-ring (bicyclic) bond motifs is 1. The molecule has 0 amide bonds. The van der Waals surface area contributed by atoms with Crippen LogP contribution in [0.4, 0.5) is 0 Å². The molecule has 0 heterocycles. The standard InChI is InChI=1S/C17H20Cl2O2/c1-2-3-10-21-17-14-8-5-4-7-13(14)16(12-15(17)19)20-11-6-9-18/h4-5,7-8,12H,2-3,6,9-11H2,1H3. The van der Waals surface area contributed by atoms with Crippen LogP contribution >= 0.6 is 23.2 Å². The van der Waals surface area contributed by atoms with Gasteiger partial charge in [-0.15, -0.1) is 11.6 Å². The first kappa shape index (κ1) is 16.3. The lowest BCUT2D eigenvalue weighted by Gasteiger charge is -2.15. The lowest BCUT2D eigenvalue weighted by Crippen LogP contribution is -2.01. The summed E-state index contributed by atoms with van der Waals surface area (Å²) in [6, 6.07) is 9.83. The maximum Gasteiger partial charge on any atom is 0.145 e. The van der Waals surface area contributed by atoms with Crippen LogP contribution in [-0.4, -0.2) is 19.1 Å². The van der Waals surface area contributed by atoms with Crippen LogP contribution < -0.4 is 9.47 Å². The Balaban J connectivity index is 2.33. The van der Waals surface area contributed by atoms with Gasteiger partial charge in [0.2, 0.25) is 0 Å². The summed E-state index contributed by atoms with van der Waals surface area (Å²) in [6.45, 7) is 3.39. The summed E-state index contributed by atoms with van der Waals surface area (Å²) >= 11 is 12.1. The van der Waals surface area contributed by atoms with E-state index in [9.17, 15) is 0 Å². The van der Waals surface area contributed by atoms with Crippen LogP contribution in [0.2, 0.25) is 5.02 Å².